The number of methoxy groups -OCH3 is 1. The van der Waals surface area contributed by atoms with Crippen molar-refractivity contribution in [2.75, 3.05) is 27.4 Å². The van der Waals surface area contributed by atoms with Gasteiger partial charge in [-0.25, -0.2) is 0 Å². The van der Waals surface area contributed by atoms with Gasteiger partial charge in [0.05, 0.1) is 7.11 Å². The van der Waals surface area contributed by atoms with E-state index in [0.717, 1.165) is 29.4 Å². The molecular weight excluding hydrogens is 326 g/mol. The van der Waals surface area contributed by atoms with Crippen LogP contribution in [0, 0.1) is 6.92 Å². The van der Waals surface area contributed by atoms with E-state index in [1.54, 1.807) is 7.11 Å². The first-order valence-corrected chi connectivity index (χ1v) is 9.03. The van der Waals surface area contributed by atoms with Gasteiger partial charge in [-0.15, -0.1) is 0 Å². The van der Waals surface area contributed by atoms with Crippen molar-refractivity contribution in [3.05, 3.63) is 53.1 Å². The van der Waals surface area contributed by atoms with Crippen LogP contribution >= 0.6 is 0 Å². The fraction of sp³-hybridized carbons (Fsp3) is 0.455. The van der Waals surface area contributed by atoms with Gasteiger partial charge in [0.15, 0.2) is 11.5 Å². The Morgan fingerprint density at radius 3 is 2.19 bits per heavy atom. The Kier molecular flexibility index (Phi) is 6.92. The van der Waals surface area contributed by atoms with Crippen molar-refractivity contribution in [1.82, 2.24) is 5.32 Å². The summed E-state index contributed by atoms with van der Waals surface area (Å²) in [6.45, 7) is 10.4. The van der Waals surface area contributed by atoms with Crippen LogP contribution in [0.4, 0.5) is 0 Å². The SMILES string of the molecule is CNCc1ccc(OCCOc2cc(C)ccc2C(C)(C)C)c(OC)c1. The van der Waals surface area contributed by atoms with Crippen LogP contribution in [-0.2, 0) is 12.0 Å². The van der Waals surface area contributed by atoms with E-state index >= 15 is 0 Å². The van der Waals surface area contributed by atoms with Gasteiger partial charge in [-0.3, -0.25) is 0 Å². The van der Waals surface area contributed by atoms with Gasteiger partial charge in [-0.1, -0.05) is 39.0 Å². The summed E-state index contributed by atoms with van der Waals surface area (Å²) in [6.07, 6.45) is 0. The third-order valence-corrected chi connectivity index (χ3v) is 4.15. The molecule has 4 nitrogen and oxygen atoms in total. The van der Waals surface area contributed by atoms with Crippen LogP contribution in [-0.4, -0.2) is 27.4 Å². The molecule has 0 aliphatic heterocycles. The second kappa shape index (κ2) is 8.95. The number of hydrogen-bond acceptors (Lipinski definition) is 4. The maximum Gasteiger partial charge on any atom is 0.161 e. The molecule has 0 aliphatic rings. The van der Waals surface area contributed by atoms with E-state index in [2.05, 4.69) is 51.2 Å². The van der Waals surface area contributed by atoms with Crippen molar-refractivity contribution in [1.29, 1.82) is 0 Å². The molecule has 0 heterocycles. The molecule has 0 atom stereocenters. The highest BCUT2D eigenvalue weighted by molar-refractivity contribution is 5.43. The average Bonchev–Trinajstić information content (AvgIpc) is 2.58. The number of aryl methyl sites for hydroxylation is 1. The highest BCUT2D eigenvalue weighted by Gasteiger charge is 2.19. The van der Waals surface area contributed by atoms with Crippen molar-refractivity contribution in [3.63, 3.8) is 0 Å². The zero-order valence-electron chi connectivity index (χ0n) is 16.8. The van der Waals surface area contributed by atoms with E-state index in [0.29, 0.717) is 13.2 Å². The molecule has 0 aromatic heterocycles. The Labute approximate surface area is 157 Å². The van der Waals surface area contributed by atoms with Gasteiger partial charge in [0.25, 0.3) is 0 Å². The molecule has 0 unspecified atom stereocenters. The lowest BCUT2D eigenvalue weighted by Crippen LogP contribution is -2.16. The van der Waals surface area contributed by atoms with Gasteiger partial charge >= 0.3 is 0 Å². The number of nitrogens with one attached hydrogen (secondary N) is 1. The summed E-state index contributed by atoms with van der Waals surface area (Å²) in [5.41, 5.74) is 3.59. The predicted molar refractivity (Wildman–Crippen MR) is 107 cm³/mol. The predicted octanol–water partition coefficient (Wildman–Crippen LogP) is 4.48. The quantitative estimate of drug-likeness (QED) is 0.707. The molecule has 0 bridgehead atoms. The van der Waals surface area contributed by atoms with Gasteiger partial charge in [-0.05, 0) is 54.3 Å². The van der Waals surface area contributed by atoms with E-state index < -0.39 is 0 Å². The van der Waals surface area contributed by atoms with Crippen LogP contribution < -0.4 is 19.5 Å². The third-order valence-electron chi connectivity index (χ3n) is 4.15. The summed E-state index contributed by atoms with van der Waals surface area (Å²) in [7, 11) is 3.58. The molecule has 1 N–H and O–H groups in total. The smallest absolute Gasteiger partial charge is 0.161 e. The summed E-state index contributed by atoms with van der Waals surface area (Å²) in [6, 6.07) is 12.3. The Hall–Kier alpha value is -2.20. The van der Waals surface area contributed by atoms with Crippen LogP contribution in [0.25, 0.3) is 0 Å². The first-order valence-electron chi connectivity index (χ1n) is 9.03. The molecule has 0 amide bonds. The highest BCUT2D eigenvalue weighted by atomic mass is 16.5. The number of rotatable bonds is 8. The van der Waals surface area contributed by atoms with Crippen LogP contribution in [0.5, 0.6) is 17.2 Å². The number of hydrogen-bond donors (Lipinski definition) is 1. The van der Waals surface area contributed by atoms with Crippen LogP contribution in [0.3, 0.4) is 0 Å². The van der Waals surface area contributed by atoms with Crippen LogP contribution in [0.15, 0.2) is 36.4 Å². The van der Waals surface area contributed by atoms with E-state index in [9.17, 15) is 0 Å². The summed E-state index contributed by atoms with van der Waals surface area (Å²) >= 11 is 0. The molecule has 0 spiro atoms. The fourth-order valence-corrected chi connectivity index (χ4v) is 2.82. The Bertz CT molecular complexity index is 720. The Balaban J connectivity index is 1.98. The molecule has 2 rings (SSSR count). The molecule has 0 radical (unpaired) electrons. The summed E-state index contributed by atoms with van der Waals surface area (Å²) < 4.78 is 17.3. The normalized spacial score (nSPS) is 11.3. The molecule has 142 valence electrons. The first-order chi connectivity index (χ1) is 12.3. The maximum atomic E-state index is 6.03. The van der Waals surface area contributed by atoms with Crippen molar-refractivity contribution in [3.8, 4) is 17.2 Å². The minimum Gasteiger partial charge on any atom is -0.493 e. The second-order valence-electron chi connectivity index (χ2n) is 7.46. The zero-order chi connectivity index (χ0) is 19.2. The largest absolute Gasteiger partial charge is 0.493 e. The molecule has 0 saturated carbocycles. The van der Waals surface area contributed by atoms with E-state index in [4.69, 9.17) is 14.2 Å². The molecule has 0 aliphatic carbocycles. The van der Waals surface area contributed by atoms with Crippen LogP contribution in [0.1, 0.15) is 37.5 Å². The summed E-state index contributed by atoms with van der Waals surface area (Å²) in [5.74, 6) is 2.40. The van der Waals surface area contributed by atoms with E-state index in [1.165, 1.54) is 11.1 Å². The minimum atomic E-state index is 0.0380. The van der Waals surface area contributed by atoms with Crippen molar-refractivity contribution < 1.29 is 14.2 Å². The van der Waals surface area contributed by atoms with Gasteiger partial charge in [-0.2, -0.15) is 0 Å². The first kappa shape index (κ1) is 20.1. The maximum absolute atomic E-state index is 6.03. The van der Waals surface area contributed by atoms with Gasteiger partial charge < -0.3 is 19.5 Å². The molecule has 26 heavy (non-hydrogen) atoms. The fourth-order valence-electron chi connectivity index (χ4n) is 2.82. The molecule has 0 fully saturated rings. The average molecular weight is 357 g/mol. The van der Waals surface area contributed by atoms with Crippen LogP contribution in [0.2, 0.25) is 0 Å². The lowest BCUT2D eigenvalue weighted by Gasteiger charge is -2.23. The van der Waals surface area contributed by atoms with Crippen molar-refractivity contribution in [2.45, 2.75) is 39.7 Å². The summed E-state index contributed by atoms with van der Waals surface area (Å²) in [5, 5.41) is 3.13. The third kappa shape index (κ3) is 5.40. The lowest BCUT2D eigenvalue weighted by atomic mass is 9.86. The van der Waals surface area contributed by atoms with E-state index in [1.807, 2.05) is 25.2 Å². The van der Waals surface area contributed by atoms with Gasteiger partial charge in [0.2, 0.25) is 0 Å². The molecular formula is C22H31NO3. The monoisotopic (exact) mass is 357 g/mol. The van der Waals surface area contributed by atoms with Crippen molar-refractivity contribution in [2.24, 2.45) is 0 Å². The number of ether oxygens (including phenoxy) is 3. The standard InChI is InChI=1S/C22H31NO3/c1-16-7-9-18(22(2,3)4)20(13-16)26-12-11-25-19-10-8-17(15-23-5)14-21(19)24-6/h7-10,13-14,23H,11-12,15H2,1-6H3. The second-order valence-corrected chi connectivity index (χ2v) is 7.46. The Morgan fingerprint density at radius 2 is 1.58 bits per heavy atom. The topological polar surface area (TPSA) is 39.7 Å². The minimum absolute atomic E-state index is 0.0380. The molecule has 4 heteroatoms. The number of benzene rings is 2. The van der Waals surface area contributed by atoms with E-state index in [-0.39, 0.29) is 5.41 Å². The van der Waals surface area contributed by atoms with Gasteiger partial charge in [0, 0.05) is 6.54 Å². The Morgan fingerprint density at radius 1 is 0.885 bits per heavy atom. The summed E-state index contributed by atoms with van der Waals surface area (Å²) in [4.78, 5) is 0. The van der Waals surface area contributed by atoms with Gasteiger partial charge in [0.1, 0.15) is 19.0 Å². The molecule has 2 aromatic rings. The highest BCUT2D eigenvalue weighted by Crippen LogP contribution is 2.32. The van der Waals surface area contributed by atoms with Crippen molar-refractivity contribution >= 4 is 0 Å². The molecule has 0 saturated heterocycles. The molecule has 2 aromatic carbocycles. The lowest BCUT2D eigenvalue weighted by molar-refractivity contribution is 0.208. The zero-order valence-corrected chi connectivity index (χ0v) is 16.8.